The SMILES string of the molecule is O=C(CCc1ccco1)NC(C(=O)O)c1ccc2c(c1)CCO2. The maximum absolute atomic E-state index is 12.0. The molecular weight excluding hydrogens is 298 g/mol. The molecule has 1 aromatic carbocycles. The first-order valence-corrected chi connectivity index (χ1v) is 7.43. The number of nitrogens with one attached hydrogen (secondary N) is 1. The average molecular weight is 315 g/mol. The van der Waals surface area contributed by atoms with E-state index >= 15 is 0 Å². The van der Waals surface area contributed by atoms with Crippen LogP contribution in [0.2, 0.25) is 0 Å². The third kappa shape index (κ3) is 3.53. The molecule has 3 rings (SSSR count). The highest BCUT2D eigenvalue weighted by Gasteiger charge is 2.24. The molecule has 120 valence electrons. The van der Waals surface area contributed by atoms with Crippen molar-refractivity contribution in [2.24, 2.45) is 0 Å². The number of aryl methyl sites for hydroxylation is 1. The second-order valence-corrected chi connectivity index (χ2v) is 5.38. The van der Waals surface area contributed by atoms with E-state index < -0.39 is 12.0 Å². The number of hydrogen-bond donors (Lipinski definition) is 2. The van der Waals surface area contributed by atoms with Crippen molar-refractivity contribution in [2.45, 2.75) is 25.3 Å². The van der Waals surface area contributed by atoms with Gasteiger partial charge < -0.3 is 19.6 Å². The molecule has 1 atom stereocenters. The molecule has 0 aliphatic carbocycles. The molecule has 1 amide bonds. The van der Waals surface area contributed by atoms with Crippen molar-refractivity contribution in [3.05, 3.63) is 53.5 Å². The first-order valence-electron chi connectivity index (χ1n) is 7.43. The van der Waals surface area contributed by atoms with Gasteiger partial charge in [0.1, 0.15) is 11.5 Å². The summed E-state index contributed by atoms with van der Waals surface area (Å²) in [4.78, 5) is 23.5. The number of aliphatic carboxylic acids is 1. The van der Waals surface area contributed by atoms with Crippen molar-refractivity contribution in [3.63, 3.8) is 0 Å². The summed E-state index contributed by atoms with van der Waals surface area (Å²) in [5.74, 6) is 0.0597. The molecule has 6 nitrogen and oxygen atoms in total. The molecule has 1 aliphatic rings. The van der Waals surface area contributed by atoms with Gasteiger partial charge in [-0.25, -0.2) is 4.79 Å². The maximum atomic E-state index is 12.0. The molecule has 0 saturated carbocycles. The highest BCUT2D eigenvalue weighted by Crippen LogP contribution is 2.28. The maximum Gasteiger partial charge on any atom is 0.330 e. The van der Waals surface area contributed by atoms with E-state index in [9.17, 15) is 14.7 Å². The number of carbonyl (C=O) groups is 2. The summed E-state index contributed by atoms with van der Waals surface area (Å²) < 4.78 is 10.6. The Morgan fingerprint density at radius 1 is 1.30 bits per heavy atom. The Morgan fingerprint density at radius 2 is 2.17 bits per heavy atom. The molecule has 6 heteroatoms. The summed E-state index contributed by atoms with van der Waals surface area (Å²) in [5, 5.41) is 12.0. The van der Waals surface area contributed by atoms with E-state index in [-0.39, 0.29) is 12.3 Å². The Bertz CT molecular complexity index is 708. The minimum atomic E-state index is -1.09. The van der Waals surface area contributed by atoms with E-state index in [0.29, 0.717) is 24.4 Å². The second-order valence-electron chi connectivity index (χ2n) is 5.38. The van der Waals surface area contributed by atoms with Crippen LogP contribution >= 0.6 is 0 Å². The van der Waals surface area contributed by atoms with E-state index in [0.717, 1.165) is 17.7 Å². The fourth-order valence-electron chi connectivity index (χ4n) is 2.60. The van der Waals surface area contributed by atoms with E-state index in [1.165, 1.54) is 0 Å². The standard InChI is InChI=1S/C17H17NO5/c19-15(6-4-13-2-1-8-22-13)18-16(17(20)21)12-3-5-14-11(10-12)7-9-23-14/h1-3,5,8,10,16H,4,6-7,9H2,(H,18,19)(H,20,21). The van der Waals surface area contributed by atoms with E-state index in [1.807, 2.05) is 0 Å². The van der Waals surface area contributed by atoms with Gasteiger partial charge in [0.25, 0.3) is 0 Å². The van der Waals surface area contributed by atoms with Crippen molar-refractivity contribution in [1.29, 1.82) is 0 Å². The van der Waals surface area contributed by atoms with Crippen LogP contribution in [0.4, 0.5) is 0 Å². The normalized spacial score (nSPS) is 13.9. The van der Waals surface area contributed by atoms with Crippen molar-refractivity contribution in [3.8, 4) is 5.75 Å². The highest BCUT2D eigenvalue weighted by molar-refractivity contribution is 5.84. The van der Waals surface area contributed by atoms with Crippen LogP contribution in [0.5, 0.6) is 5.75 Å². The highest BCUT2D eigenvalue weighted by atomic mass is 16.5. The lowest BCUT2D eigenvalue weighted by Gasteiger charge is -2.15. The summed E-state index contributed by atoms with van der Waals surface area (Å²) in [6.45, 7) is 0.603. The predicted octanol–water partition coefficient (Wildman–Crippen LogP) is 2.09. The van der Waals surface area contributed by atoms with Crippen LogP contribution in [-0.2, 0) is 22.4 Å². The van der Waals surface area contributed by atoms with Crippen LogP contribution in [0.15, 0.2) is 41.0 Å². The lowest BCUT2D eigenvalue weighted by atomic mass is 10.0. The lowest BCUT2D eigenvalue weighted by molar-refractivity contribution is -0.142. The average Bonchev–Trinajstić information content (AvgIpc) is 3.20. The van der Waals surface area contributed by atoms with Crippen LogP contribution in [0.3, 0.4) is 0 Å². The zero-order chi connectivity index (χ0) is 16.2. The minimum absolute atomic E-state index is 0.172. The first-order chi connectivity index (χ1) is 11.1. The number of amides is 1. The van der Waals surface area contributed by atoms with Gasteiger partial charge in [0.2, 0.25) is 5.91 Å². The third-order valence-electron chi connectivity index (χ3n) is 3.78. The van der Waals surface area contributed by atoms with Gasteiger partial charge in [0, 0.05) is 19.3 Å². The van der Waals surface area contributed by atoms with E-state index in [1.54, 1.807) is 36.6 Å². The Hall–Kier alpha value is -2.76. The summed E-state index contributed by atoms with van der Waals surface area (Å²) >= 11 is 0. The Labute approximate surface area is 133 Å². The van der Waals surface area contributed by atoms with Crippen LogP contribution < -0.4 is 10.1 Å². The molecule has 1 unspecified atom stereocenters. The molecule has 2 heterocycles. The monoisotopic (exact) mass is 315 g/mol. The summed E-state index contributed by atoms with van der Waals surface area (Å²) in [6.07, 6.45) is 2.90. The predicted molar refractivity (Wildman–Crippen MR) is 81.2 cm³/mol. The third-order valence-corrected chi connectivity index (χ3v) is 3.78. The molecule has 1 aromatic heterocycles. The van der Waals surface area contributed by atoms with Crippen LogP contribution in [-0.4, -0.2) is 23.6 Å². The fourth-order valence-corrected chi connectivity index (χ4v) is 2.60. The smallest absolute Gasteiger partial charge is 0.330 e. The van der Waals surface area contributed by atoms with Gasteiger partial charge >= 0.3 is 5.97 Å². The Kier molecular flexibility index (Phi) is 4.32. The minimum Gasteiger partial charge on any atom is -0.493 e. The zero-order valence-corrected chi connectivity index (χ0v) is 12.5. The van der Waals surface area contributed by atoms with Gasteiger partial charge in [-0.05, 0) is 35.4 Å². The van der Waals surface area contributed by atoms with Crippen molar-refractivity contribution < 1.29 is 23.8 Å². The van der Waals surface area contributed by atoms with Gasteiger partial charge in [-0.3, -0.25) is 4.79 Å². The molecule has 23 heavy (non-hydrogen) atoms. The molecule has 1 aliphatic heterocycles. The van der Waals surface area contributed by atoms with Gasteiger partial charge in [-0.1, -0.05) is 6.07 Å². The van der Waals surface area contributed by atoms with Crippen LogP contribution in [0, 0.1) is 0 Å². The summed E-state index contributed by atoms with van der Waals surface area (Å²) in [7, 11) is 0. The number of carboxylic acid groups (broad SMARTS) is 1. The van der Waals surface area contributed by atoms with Crippen LogP contribution in [0.1, 0.15) is 29.3 Å². The van der Waals surface area contributed by atoms with Gasteiger partial charge in [0.15, 0.2) is 6.04 Å². The lowest BCUT2D eigenvalue weighted by Crippen LogP contribution is -2.33. The van der Waals surface area contributed by atoms with Gasteiger partial charge in [-0.2, -0.15) is 0 Å². The molecular formula is C17H17NO5. The van der Waals surface area contributed by atoms with Gasteiger partial charge in [0.05, 0.1) is 12.9 Å². The van der Waals surface area contributed by atoms with Crippen molar-refractivity contribution in [2.75, 3.05) is 6.61 Å². The molecule has 0 spiro atoms. The summed E-state index contributed by atoms with van der Waals surface area (Å²) in [6, 6.07) is 7.68. The Morgan fingerprint density at radius 3 is 2.91 bits per heavy atom. The zero-order valence-electron chi connectivity index (χ0n) is 12.5. The number of fused-ring (bicyclic) bond motifs is 1. The van der Waals surface area contributed by atoms with E-state index in [4.69, 9.17) is 9.15 Å². The van der Waals surface area contributed by atoms with Crippen molar-refractivity contribution in [1.82, 2.24) is 5.32 Å². The number of benzene rings is 1. The molecule has 2 N–H and O–H groups in total. The number of ether oxygens (including phenoxy) is 1. The van der Waals surface area contributed by atoms with Crippen molar-refractivity contribution >= 4 is 11.9 Å². The number of carbonyl (C=O) groups excluding carboxylic acids is 1. The largest absolute Gasteiger partial charge is 0.493 e. The topological polar surface area (TPSA) is 88.8 Å². The second kappa shape index (κ2) is 6.56. The number of carboxylic acids is 1. The van der Waals surface area contributed by atoms with Crippen LogP contribution in [0.25, 0.3) is 0 Å². The molecule has 0 radical (unpaired) electrons. The number of rotatable bonds is 6. The van der Waals surface area contributed by atoms with Gasteiger partial charge in [-0.15, -0.1) is 0 Å². The first kappa shape index (κ1) is 15.1. The fraction of sp³-hybridized carbons (Fsp3) is 0.294. The quantitative estimate of drug-likeness (QED) is 0.852. The molecule has 2 aromatic rings. The molecule has 0 saturated heterocycles. The number of hydrogen-bond acceptors (Lipinski definition) is 4. The molecule has 0 fully saturated rings. The van der Waals surface area contributed by atoms with E-state index in [2.05, 4.69) is 5.32 Å². The Balaban J connectivity index is 1.66. The molecule has 0 bridgehead atoms. The summed E-state index contributed by atoms with van der Waals surface area (Å²) in [5.41, 5.74) is 1.52. The number of furan rings is 1.